The number of hydrogen-bond acceptors (Lipinski definition) is 8. The molecule has 0 fully saturated rings. The minimum Gasteiger partial charge on any atom is -0.506 e. The number of rotatable bonds is 8. The van der Waals surface area contributed by atoms with E-state index < -0.39 is 12.0 Å². The van der Waals surface area contributed by atoms with Crippen LogP contribution < -0.4 is 24.4 Å². The van der Waals surface area contributed by atoms with Gasteiger partial charge in [0.1, 0.15) is 5.75 Å². The quantitative estimate of drug-likeness (QED) is 0.366. The van der Waals surface area contributed by atoms with Gasteiger partial charge in [0, 0.05) is 10.0 Å². The van der Waals surface area contributed by atoms with Crippen molar-refractivity contribution < 1.29 is 24.1 Å². The van der Waals surface area contributed by atoms with Gasteiger partial charge in [-0.15, -0.1) is 0 Å². The summed E-state index contributed by atoms with van der Waals surface area (Å²) in [6.07, 6.45) is 1.56. The number of ether oxygens (including phenoxy) is 3. The van der Waals surface area contributed by atoms with Crippen molar-refractivity contribution >= 4 is 50.9 Å². The van der Waals surface area contributed by atoms with Crippen LogP contribution in [-0.4, -0.2) is 35.5 Å². The Labute approximate surface area is 236 Å². The summed E-state index contributed by atoms with van der Waals surface area (Å²) >= 11 is 10.6. The van der Waals surface area contributed by atoms with Crippen molar-refractivity contribution in [2.24, 2.45) is 4.99 Å². The zero-order valence-electron chi connectivity index (χ0n) is 21.2. The van der Waals surface area contributed by atoms with Crippen LogP contribution in [0.4, 0.5) is 0 Å². The number of aromatic nitrogens is 1. The third kappa shape index (κ3) is 5.39. The van der Waals surface area contributed by atoms with Gasteiger partial charge in [0.05, 0.1) is 46.7 Å². The molecule has 8 nitrogen and oxygen atoms in total. The summed E-state index contributed by atoms with van der Waals surface area (Å²) in [5.74, 6) is 0.358. The number of thiazole rings is 1. The van der Waals surface area contributed by atoms with Gasteiger partial charge in [0.15, 0.2) is 16.3 Å². The van der Waals surface area contributed by atoms with Crippen LogP contribution in [0.5, 0.6) is 17.2 Å². The summed E-state index contributed by atoms with van der Waals surface area (Å²) in [4.78, 5) is 31.9. The number of esters is 1. The van der Waals surface area contributed by atoms with Gasteiger partial charge in [-0.25, -0.2) is 9.79 Å². The van der Waals surface area contributed by atoms with E-state index in [1.165, 1.54) is 4.57 Å². The topological polar surface area (TPSA) is 99.4 Å². The Kier molecular flexibility index (Phi) is 8.64. The van der Waals surface area contributed by atoms with Crippen molar-refractivity contribution in [2.75, 3.05) is 19.8 Å². The van der Waals surface area contributed by atoms with Crippen LogP contribution in [0.15, 0.2) is 55.9 Å². The molecule has 11 heteroatoms. The van der Waals surface area contributed by atoms with Crippen molar-refractivity contribution in [3.8, 4) is 17.2 Å². The van der Waals surface area contributed by atoms with E-state index >= 15 is 0 Å². The molecule has 200 valence electrons. The summed E-state index contributed by atoms with van der Waals surface area (Å²) in [7, 11) is 0. The van der Waals surface area contributed by atoms with Crippen molar-refractivity contribution in [1.82, 2.24) is 4.57 Å². The molecule has 0 saturated carbocycles. The zero-order valence-corrected chi connectivity index (χ0v) is 24.4. The highest BCUT2D eigenvalue weighted by Crippen LogP contribution is 2.36. The molecule has 0 spiro atoms. The summed E-state index contributed by atoms with van der Waals surface area (Å²) in [5, 5.41) is 10.6. The maximum atomic E-state index is 13.8. The molecule has 1 N–H and O–H groups in total. The predicted molar refractivity (Wildman–Crippen MR) is 150 cm³/mol. The van der Waals surface area contributed by atoms with Gasteiger partial charge in [0.25, 0.3) is 5.56 Å². The van der Waals surface area contributed by atoms with Crippen LogP contribution in [0.25, 0.3) is 6.08 Å². The Morgan fingerprint density at radius 3 is 2.55 bits per heavy atom. The number of allylic oxidation sites excluding steroid dienone is 1. The number of hydrogen-bond donors (Lipinski definition) is 1. The van der Waals surface area contributed by atoms with E-state index in [-0.39, 0.29) is 28.5 Å². The fourth-order valence-electron chi connectivity index (χ4n) is 4.18. The highest BCUT2D eigenvalue weighted by Gasteiger charge is 2.34. The van der Waals surface area contributed by atoms with Crippen LogP contribution in [0, 0.1) is 0 Å². The lowest BCUT2D eigenvalue weighted by Crippen LogP contribution is -2.40. The third-order valence-electron chi connectivity index (χ3n) is 5.74. The van der Waals surface area contributed by atoms with Gasteiger partial charge in [0.2, 0.25) is 0 Å². The van der Waals surface area contributed by atoms with Crippen LogP contribution in [0.2, 0.25) is 5.02 Å². The number of carbonyl (C=O) groups is 1. The maximum Gasteiger partial charge on any atom is 0.338 e. The number of aromatic hydroxyl groups is 1. The standard InChI is InChI=1S/C27H26BrClN2O6S/c1-5-35-19-9-8-15(11-20(19)36-6-2)23-22(26(34)37-7-3)14(4)30-27-31(23)25(33)21(38-27)12-16-10-17(28)13-18(29)24(16)32/h8-13,23,32H,5-7H2,1-4H3/b21-12-/t23-/m1/s1. The average Bonchev–Trinajstić information content (AvgIpc) is 3.17. The molecule has 0 bridgehead atoms. The second-order valence-corrected chi connectivity index (χ2v) is 10.5. The molecule has 0 unspecified atom stereocenters. The normalized spacial score (nSPS) is 15.2. The lowest BCUT2D eigenvalue weighted by molar-refractivity contribution is -0.139. The zero-order chi connectivity index (χ0) is 27.6. The highest BCUT2D eigenvalue weighted by molar-refractivity contribution is 9.10. The number of phenols is 1. The minimum atomic E-state index is -0.818. The summed E-state index contributed by atoms with van der Waals surface area (Å²) in [5.41, 5.74) is 1.32. The first-order valence-electron chi connectivity index (χ1n) is 12.0. The molecule has 1 aliphatic rings. The van der Waals surface area contributed by atoms with Gasteiger partial charge in [-0.1, -0.05) is 44.9 Å². The number of nitrogens with zero attached hydrogens (tertiary/aromatic N) is 2. The molecule has 0 radical (unpaired) electrons. The summed E-state index contributed by atoms with van der Waals surface area (Å²) in [6, 6.07) is 7.74. The number of phenolic OH excluding ortho intramolecular Hbond substituents is 1. The van der Waals surface area contributed by atoms with E-state index in [9.17, 15) is 14.7 Å². The van der Waals surface area contributed by atoms with E-state index in [0.717, 1.165) is 11.3 Å². The Morgan fingerprint density at radius 1 is 1.16 bits per heavy atom. The smallest absolute Gasteiger partial charge is 0.338 e. The molecule has 2 aromatic carbocycles. The second kappa shape index (κ2) is 11.8. The monoisotopic (exact) mass is 620 g/mol. The molecule has 1 atom stereocenters. The fourth-order valence-corrected chi connectivity index (χ4v) is 6.05. The number of fused-ring (bicyclic) bond motifs is 1. The first-order chi connectivity index (χ1) is 18.2. The largest absolute Gasteiger partial charge is 0.506 e. The van der Waals surface area contributed by atoms with E-state index in [4.69, 9.17) is 25.8 Å². The Morgan fingerprint density at radius 2 is 1.87 bits per heavy atom. The van der Waals surface area contributed by atoms with Crippen molar-refractivity contribution in [2.45, 2.75) is 33.7 Å². The number of halogens is 2. The lowest BCUT2D eigenvalue weighted by atomic mass is 9.95. The summed E-state index contributed by atoms with van der Waals surface area (Å²) in [6.45, 7) is 8.21. The van der Waals surface area contributed by atoms with Gasteiger partial charge >= 0.3 is 5.97 Å². The molecule has 3 aromatic rings. The average molecular weight is 622 g/mol. The molecular formula is C27H26BrClN2O6S. The molecule has 2 heterocycles. The van der Waals surface area contributed by atoms with Crippen molar-refractivity contribution in [3.63, 3.8) is 0 Å². The highest BCUT2D eigenvalue weighted by atomic mass is 79.9. The first kappa shape index (κ1) is 27.9. The predicted octanol–water partition coefficient (Wildman–Crippen LogP) is 4.72. The summed E-state index contributed by atoms with van der Waals surface area (Å²) < 4.78 is 19.3. The van der Waals surface area contributed by atoms with Gasteiger partial charge in [-0.2, -0.15) is 0 Å². The Bertz CT molecular complexity index is 1610. The molecule has 1 aromatic heterocycles. The molecule has 0 aliphatic carbocycles. The first-order valence-corrected chi connectivity index (χ1v) is 14.0. The lowest BCUT2D eigenvalue weighted by Gasteiger charge is -2.25. The van der Waals surface area contributed by atoms with E-state index in [2.05, 4.69) is 20.9 Å². The third-order valence-corrected chi connectivity index (χ3v) is 7.47. The van der Waals surface area contributed by atoms with Crippen LogP contribution >= 0.6 is 38.9 Å². The molecule has 0 saturated heterocycles. The molecule has 0 amide bonds. The van der Waals surface area contributed by atoms with Crippen molar-refractivity contribution in [3.05, 3.63) is 81.9 Å². The van der Waals surface area contributed by atoms with Gasteiger partial charge in [-0.3, -0.25) is 9.36 Å². The van der Waals surface area contributed by atoms with E-state index in [0.29, 0.717) is 55.3 Å². The molecule has 4 rings (SSSR count). The Hall–Kier alpha value is -3.08. The van der Waals surface area contributed by atoms with E-state index in [1.807, 2.05) is 13.8 Å². The van der Waals surface area contributed by atoms with E-state index in [1.54, 1.807) is 50.3 Å². The van der Waals surface area contributed by atoms with Gasteiger partial charge in [-0.05, 0) is 63.6 Å². The second-order valence-electron chi connectivity index (χ2n) is 8.20. The number of carbonyl (C=O) groups excluding carboxylic acids is 1. The maximum absolute atomic E-state index is 13.8. The SMILES string of the molecule is CCOC(=O)C1=C(C)N=c2s/c(=C\c3cc(Br)cc(Cl)c3O)c(=O)n2[C@@H]1c1ccc(OCC)c(OCC)c1. The van der Waals surface area contributed by atoms with Crippen molar-refractivity contribution in [1.29, 1.82) is 0 Å². The molecule has 1 aliphatic heterocycles. The molecule has 38 heavy (non-hydrogen) atoms. The van der Waals surface area contributed by atoms with Gasteiger partial charge < -0.3 is 19.3 Å². The minimum absolute atomic E-state index is 0.145. The molecular weight excluding hydrogens is 596 g/mol. The fraction of sp³-hybridized carbons (Fsp3) is 0.296. The van der Waals surface area contributed by atoms with Crippen LogP contribution in [0.3, 0.4) is 0 Å². The number of benzene rings is 2. The van der Waals surface area contributed by atoms with Crippen LogP contribution in [0.1, 0.15) is 44.9 Å². The van der Waals surface area contributed by atoms with Crippen LogP contribution in [-0.2, 0) is 9.53 Å². The Balaban J connectivity index is 1.98.